The number of H-pyrrole nitrogens is 1. The van der Waals surface area contributed by atoms with Gasteiger partial charge in [-0.2, -0.15) is 0 Å². The molecule has 1 aromatic carbocycles. The van der Waals surface area contributed by atoms with E-state index in [4.69, 9.17) is 22.1 Å². The minimum atomic E-state index is -0.721. The molecule has 0 aliphatic rings. The van der Waals surface area contributed by atoms with Crippen molar-refractivity contribution in [2.45, 2.75) is 33.2 Å². The lowest BCUT2D eigenvalue weighted by Gasteiger charge is -2.24. The van der Waals surface area contributed by atoms with Gasteiger partial charge in [0.25, 0.3) is 11.5 Å². The Balaban J connectivity index is 2.61. The van der Waals surface area contributed by atoms with E-state index in [9.17, 15) is 14.4 Å². The van der Waals surface area contributed by atoms with E-state index in [0.29, 0.717) is 23.7 Å². The lowest BCUT2D eigenvalue weighted by Crippen LogP contribution is -2.41. The van der Waals surface area contributed by atoms with Crippen LogP contribution in [0.4, 0.5) is 11.5 Å². The first kappa shape index (κ1) is 20.6. The first-order valence-corrected chi connectivity index (χ1v) is 9.01. The van der Waals surface area contributed by atoms with Crippen LogP contribution in [0, 0.1) is 0 Å². The topological polar surface area (TPSA) is 110 Å². The van der Waals surface area contributed by atoms with Gasteiger partial charge in [-0.05, 0) is 31.5 Å². The van der Waals surface area contributed by atoms with E-state index in [1.807, 2.05) is 6.92 Å². The number of ether oxygens (including phenoxy) is 1. The van der Waals surface area contributed by atoms with E-state index in [0.717, 1.165) is 6.42 Å². The number of methoxy groups -OCH3 is 1. The number of carbonyl (C=O) groups excluding carboxylic acids is 1. The second kappa shape index (κ2) is 8.77. The monoisotopic (exact) mass is 394 g/mol. The standard InChI is InChI=1S/C18H23ClN4O4/c1-4-6-9-23-15(20)14(16(24)21-18(23)26)22(5-2)17(25)12-10-11(19)7-8-13(12)27-3/h7-8,10H,4-6,9,20H2,1-3H3,(H,21,24,26). The van der Waals surface area contributed by atoms with Crippen LogP contribution in [0.25, 0.3) is 0 Å². The number of aromatic nitrogens is 2. The third kappa shape index (κ3) is 4.16. The van der Waals surface area contributed by atoms with Crippen molar-refractivity contribution in [3.05, 3.63) is 49.6 Å². The predicted molar refractivity (Wildman–Crippen MR) is 106 cm³/mol. The summed E-state index contributed by atoms with van der Waals surface area (Å²) in [7, 11) is 1.43. The SMILES string of the molecule is CCCCn1c(N)c(N(CC)C(=O)c2cc(Cl)ccc2OC)c(=O)[nH]c1=O. The molecule has 0 radical (unpaired) electrons. The molecule has 1 heterocycles. The average Bonchev–Trinajstić information content (AvgIpc) is 2.64. The van der Waals surface area contributed by atoms with Crippen molar-refractivity contribution < 1.29 is 9.53 Å². The Labute approximate surface area is 161 Å². The number of benzene rings is 1. The number of hydrogen-bond acceptors (Lipinski definition) is 5. The van der Waals surface area contributed by atoms with Gasteiger partial charge in [-0.3, -0.25) is 19.1 Å². The lowest BCUT2D eigenvalue weighted by atomic mass is 10.1. The third-order valence-corrected chi connectivity index (χ3v) is 4.41. The normalized spacial score (nSPS) is 10.7. The zero-order valence-electron chi connectivity index (χ0n) is 15.5. The molecule has 8 nitrogen and oxygen atoms in total. The summed E-state index contributed by atoms with van der Waals surface area (Å²) in [5.74, 6) is -0.236. The molecule has 0 saturated heterocycles. The number of hydrogen-bond donors (Lipinski definition) is 2. The number of amides is 1. The van der Waals surface area contributed by atoms with Crippen molar-refractivity contribution >= 4 is 29.0 Å². The summed E-state index contributed by atoms with van der Waals surface area (Å²) in [4.78, 5) is 41.1. The Hall–Kier alpha value is -2.74. The molecule has 0 bridgehead atoms. The number of nitrogens with one attached hydrogen (secondary N) is 1. The fourth-order valence-electron chi connectivity index (χ4n) is 2.77. The van der Waals surface area contributed by atoms with E-state index < -0.39 is 17.2 Å². The maximum Gasteiger partial charge on any atom is 0.330 e. The highest BCUT2D eigenvalue weighted by atomic mass is 35.5. The zero-order chi connectivity index (χ0) is 20.1. The number of anilines is 2. The van der Waals surface area contributed by atoms with Gasteiger partial charge in [0.05, 0.1) is 12.7 Å². The average molecular weight is 395 g/mol. The maximum atomic E-state index is 13.1. The van der Waals surface area contributed by atoms with Gasteiger partial charge in [0, 0.05) is 18.1 Å². The molecule has 1 amide bonds. The molecular formula is C18H23ClN4O4. The number of unbranched alkanes of at least 4 members (excludes halogenated alkanes) is 1. The van der Waals surface area contributed by atoms with E-state index in [1.165, 1.54) is 22.6 Å². The Morgan fingerprint density at radius 1 is 1.33 bits per heavy atom. The van der Waals surface area contributed by atoms with Crippen LogP contribution in [-0.2, 0) is 6.54 Å². The highest BCUT2D eigenvalue weighted by molar-refractivity contribution is 6.31. The van der Waals surface area contributed by atoms with Gasteiger partial charge in [-0.25, -0.2) is 4.79 Å². The largest absolute Gasteiger partial charge is 0.496 e. The summed E-state index contributed by atoms with van der Waals surface area (Å²) in [5.41, 5.74) is 4.91. The van der Waals surface area contributed by atoms with Crippen LogP contribution in [0.1, 0.15) is 37.0 Å². The van der Waals surface area contributed by atoms with Gasteiger partial charge in [0.15, 0.2) is 5.69 Å². The predicted octanol–water partition coefficient (Wildman–Crippen LogP) is 2.25. The maximum absolute atomic E-state index is 13.1. The van der Waals surface area contributed by atoms with Crippen LogP contribution in [0.2, 0.25) is 5.02 Å². The number of aromatic amines is 1. The number of rotatable bonds is 7. The summed E-state index contributed by atoms with van der Waals surface area (Å²) in [6, 6.07) is 4.63. The Morgan fingerprint density at radius 2 is 2.04 bits per heavy atom. The molecule has 2 aromatic rings. The molecule has 2 rings (SSSR count). The van der Waals surface area contributed by atoms with Crippen LogP contribution in [0.3, 0.4) is 0 Å². The molecule has 0 fully saturated rings. The number of carbonyl (C=O) groups is 1. The minimum absolute atomic E-state index is 0.0478. The molecule has 0 aliphatic heterocycles. The molecule has 9 heteroatoms. The van der Waals surface area contributed by atoms with Crippen LogP contribution < -0.4 is 26.6 Å². The summed E-state index contributed by atoms with van der Waals surface area (Å²) < 4.78 is 6.50. The van der Waals surface area contributed by atoms with Gasteiger partial charge >= 0.3 is 5.69 Å². The van der Waals surface area contributed by atoms with Crippen LogP contribution >= 0.6 is 11.6 Å². The molecule has 0 spiro atoms. The summed E-state index contributed by atoms with van der Waals surface area (Å²) in [6.45, 7) is 4.18. The van der Waals surface area contributed by atoms with Gasteiger partial charge in [-0.15, -0.1) is 0 Å². The van der Waals surface area contributed by atoms with E-state index >= 15 is 0 Å². The van der Waals surface area contributed by atoms with Gasteiger partial charge < -0.3 is 15.4 Å². The van der Waals surface area contributed by atoms with Crippen molar-refractivity contribution in [3.63, 3.8) is 0 Å². The molecule has 0 aliphatic carbocycles. The second-order valence-corrected chi connectivity index (χ2v) is 6.33. The van der Waals surface area contributed by atoms with Crippen molar-refractivity contribution in [2.24, 2.45) is 0 Å². The summed E-state index contributed by atoms with van der Waals surface area (Å²) in [6.07, 6.45) is 1.55. The van der Waals surface area contributed by atoms with E-state index in [2.05, 4.69) is 4.98 Å². The van der Waals surface area contributed by atoms with E-state index in [-0.39, 0.29) is 23.6 Å². The number of halogens is 1. The number of nitrogens with two attached hydrogens (primary N) is 1. The Kier molecular flexibility index (Phi) is 6.68. The quantitative estimate of drug-likeness (QED) is 0.748. The number of nitrogens with zero attached hydrogens (tertiary/aromatic N) is 2. The molecule has 0 unspecified atom stereocenters. The summed E-state index contributed by atoms with van der Waals surface area (Å²) in [5, 5.41) is 0.352. The van der Waals surface area contributed by atoms with Crippen molar-refractivity contribution in [3.8, 4) is 5.75 Å². The van der Waals surface area contributed by atoms with Gasteiger partial charge in [0.1, 0.15) is 11.6 Å². The molecular weight excluding hydrogens is 372 g/mol. The van der Waals surface area contributed by atoms with Crippen molar-refractivity contribution in [1.82, 2.24) is 9.55 Å². The summed E-state index contributed by atoms with van der Waals surface area (Å²) >= 11 is 6.01. The first-order chi connectivity index (χ1) is 12.8. The smallest absolute Gasteiger partial charge is 0.330 e. The highest BCUT2D eigenvalue weighted by Crippen LogP contribution is 2.27. The molecule has 0 atom stereocenters. The highest BCUT2D eigenvalue weighted by Gasteiger charge is 2.26. The van der Waals surface area contributed by atoms with Crippen LogP contribution in [0.5, 0.6) is 5.75 Å². The molecule has 0 saturated carbocycles. The van der Waals surface area contributed by atoms with Crippen LogP contribution in [-0.4, -0.2) is 29.1 Å². The molecule has 146 valence electrons. The van der Waals surface area contributed by atoms with Gasteiger partial charge in [-0.1, -0.05) is 24.9 Å². The van der Waals surface area contributed by atoms with Gasteiger partial charge in [0.2, 0.25) is 0 Å². The van der Waals surface area contributed by atoms with Crippen molar-refractivity contribution in [1.29, 1.82) is 0 Å². The molecule has 1 aromatic heterocycles. The lowest BCUT2D eigenvalue weighted by molar-refractivity contribution is 0.0985. The van der Waals surface area contributed by atoms with Crippen LogP contribution in [0.15, 0.2) is 27.8 Å². The second-order valence-electron chi connectivity index (χ2n) is 5.89. The molecule has 3 N–H and O–H groups in total. The number of nitrogen functional groups attached to an aromatic ring is 1. The fraction of sp³-hybridized carbons (Fsp3) is 0.389. The first-order valence-electron chi connectivity index (χ1n) is 8.63. The van der Waals surface area contributed by atoms with E-state index in [1.54, 1.807) is 19.1 Å². The van der Waals surface area contributed by atoms with Crippen molar-refractivity contribution in [2.75, 3.05) is 24.3 Å². The Morgan fingerprint density at radius 3 is 2.63 bits per heavy atom. The third-order valence-electron chi connectivity index (χ3n) is 4.17. The zero-order valence-corrected chi connectivity index (χ0v) is 16.3. The Bertz CT molecular complexity index is 951. The fourth-order valence-corrected chi connectivity index (χ4v) is 2.94. The molecule has 27 heavy (non-hydrogen) atoms. The minimum Gasteiger partial charge on any atom is -0.496 e.